The molecule has 19 nitrogen and oxygen atoms in total. The first-order valence-corrected chi connectivity index (χ1v) is 23.0. The molecule has 8 N–H and O–H groups in total. The highest BCUT2D eigenvalue weighted by Gasteiger charge is 2.18. The highest BCUT2D eigenvalue weighted by Crippen LogP contribution is 2.26. The lowest BCUT2D eigenvalue weighted by Gasteiger charge is -2.12. The van der Waals surface area contributed by atoms with Crippen LogP contribution < -0.4 is 36.4 Å². The number of hydrogen-bond acceptors (Lipinski definition) is 16. The summed E-state index contributed by atoms with van der Waals surface area (Å²) in [5, 5.41) is 19.7. The summed E-state index contributed by atoms with van der Waals surface area (Å²) in [4.78, 5) is 40.2. The number of nitrogens with two attached hydrogens (primary N) is 1. The van der Waals surface area contributed by atoms with E-state index in [1.54, 1.807) is 82.5 Å². The molecule has 0 unspecified atom stereocenters. The molecule has 0 saturated heterocycles. The highest BCUT2D eigenvalue weighted by atomic mass is 32.2. The molecule has 67 heavy (non-hydrogen) atoms. The van der Waals surface area contributed by atoms with Crippen molar-refractivity contribution in [1.29, 1.82) is 0 Å². The summed E-state index contributed by atoms with van der Waals surface area (Å²) in [6, 6.07) is 24.5. The van der Waals surface area contributed by atoms with E-state index in [0.29, 0.717) is 41.3 Å². The zero-order valence-corrected chi connectivity index (χ0v) is 38.1. The molecule has 6 aromatic rings. The number of aromatic nitrogens is 4. The Kier molecular flexibility index (Phi) is 17.0. The third kappa shape index (κ3) is 15.1. The van der Waals surface area contributed by atoms with E-state index in [4.69, 9.17) is 16.3 Å². The molecule has 2 heterocycles. The van der Waals surface area contributed by atoms with Crippen molar-refractivity contribution in [3.63, 3.8) is 0 Å². The minimum atomic E-state index is -4.04. The molecule has 0 bridgehead atoms. The molecule has 2 amide bonds. The number of nitrogens with one attached hydrogen (secondary N) is 6. The number of sulfonamides is 2. The second kappa shape index (κ2) is 22.8. The Morgan fingerprint density at radius 2 is 1.30 bits per heavy atom. The number of terminal acetylenes is 1. The second-order valence-corrected chi connectivity index (χ2v) is 17.5. The van der Waals surface area contributed by atoms with Gasteiger partial charge in [0.1, 0.15) is 0 Å². The van der Waals surface area contributed by atoms with Gasteiger partial charge in [0, 0.05) is 55.4 Å². The topological polar surface area (TPSA) is 265 Å². The smallest absolute Gasteiger partial charge is 0.409 e. The third-order valence-electron chi connectivity index (χ3n) is 8.95. The Balaban J connectivity index is 0.000000256. The van der Waals surface area contributed by atoms with Gasteiger partial charge in [0.05, 0.1) is 35.3 Å². The fourth-order valence-electron chi connectivity index (χ4n) is 5.53. The molecule has 6 rings (SSSR count). The molecule has 23 heteroatoms. The van der Waals surface area contributed by atoms with Crippen molar-refractivity contribution in [2.75, 3.05) is 53.8 Å². The maximum absolute atomic E-state index is 14.4. The van der Waals surface area contributed by atoms with Gasteiger partial charge < -0.3 is 36.2 Å². The van der Waals surface area contributed by atoms with E-state index in [9.17, 15) is 35.2 Å². The average molecular weight is 957 g/mol. The van der Waals surface area contributed by atoms with Crippen molar-refractivity contribution >= 4 is 84.0 Å². The Morgan fingerprint density at radius 3 is 1.84 bits per heavy atom. The average Bonchev–Trinajstić information content (AvgIpc) is 3.29. The Morgan fingerprint density at radius 1 is 0.761 bits per heavy atom. The van der Waals surface area contributed by atoms with Crippen LogP contribution in [0.15, 0.2) is 113 Å². The molecule has 0 radical (unpaired) electrons. The van der Waals surface area contributed by atoms with Gasteiger partial charge in [-0.25, -0.2) is 50.2 Å². The number of rotatable bonds is 17. The molecule has 0 aliphatic heterocycles. The molecule has 350 valence electrons. The van der Waals surface area contributed by atoms with Gasteiger partial charge in [-0.3, -0.25) is 4.79 Å². The minimum Gasteiger partial charge on any atom is -0.449 e. The highest BCUT2D eigenvalue weighted by molar-refractivity contribution is 7.90. The number of nitrogens with zero attached hydrogens (tertiary/aromatic N) is 5. The number of carbonyl (C=O) groups is 2. The second-order valence-electron chi connectivity index (χ2n) is 14.3. The zero-order valence-electron chi connectivity index (χ0n) is 36.5. The van der Waals surface area contributed by atoms with E-state index < -0.39 is 43.7 Å². The first kappa shape index (κ1) is 50.1. The molecular formula is C44H46F2N12O7S2. The Labute approximate surface area is 386 Å². The lowest BCUT2D eigenvalue weighted by molar-refractivity contribution is -0.119. The molecule has 0 fully saturated rings. The number of ether oxygens (including phenoxy) is 1. The standard InChI is InChI=1S/C24H27FN6O5S.C20H19FN6O2S/c1-4-21(32)30-37(34,35)19-7-5-6-18(14-19)28-23-26-15-20(25)22(29-23)27-17-10-8-16(9-11-17)12-13-36-24(33)31(2)3;1-3-10-23-14-6-8-15(9-7-14)25-19-17(21)12-24-20(27-19)26-16-5-4-13(2)18(11-16)30(22,28)29/h5-11,14-15H,4,12-13H2,1-3H3,(H,30,32)(H2,26,27,28,29);1,4-9,11-12,23H,10H2,2H3,(H2,22,28,29)(H2,24,25,26,27). The van der Waals surface area contributed by atoms with E-state index in [2.05, 4.69) is 52.4 Å². The van der Waals surface area contributed by atoms with Gasteiger partial charge in [-0.05, 0) is 84.8 Å². The molecule has 0 aliphatic carbocycles. The van der Waals surface area contributed by atoms with Crippen molar-refractivity contribution in [2.45, 2.75) is 36.5 Å². The summed E-state index contributed by atoms with van der Waals surface area (Å²) in [5.41, 5.74) is 4.15. The predicted molar refractivity (Wildman–Crippen MR) is 251 cm³/mol. The van der Waals surface area contributed by atoms with Crippen molar-refractivity contribution < 1.29 is 39.9 Å². The first-order valence-electron chi connectivity index (χ1n) is 20.0. The monoisotopic (exact) mass is 956 g/mol. The fraction of sp³-hybridized carbons (Fsp3) is 0.182. The van der Waals surface area contributed by atoms with Crippen molar-refractivity contribution in [3.8, 4) is 12.3 Å². The molecule has 0 spiro atoms. The SMILES string of the molecule is C#CCNc1ccc(Nc2nc(Nc3ccc(C)c(S(N)(=O)=O)c3)ncc2F)cc1.CCC(=O)NS(=O)(=O)c1cccc(Nc2ncc(F)c(Nc3ccc(CCOC(=O)N(C)C)cc3)n2)c1. The summed E-state index contributed by atoms with van der Waals surface area (Å²) >= 11 is 0. The summed E-state index contributed by atoms with van der Waals surface area (Å²) in [5.74, 6) is 0.474. The largest absolute Gasteiger partial charge is 0.449 e. The van der Waals surface area contributed by atoms with Crippen molar-refractivity contribution in [2.24, 2.45) is 5.14 Å². The van der Waals surface area contributed by atoms with Crippen LogP contribution in [0.25, 0.3) is 0 Å². The third-order valence-corrected chi connectivity index (χ3v) is 11.4. The number of carbonyl (C=O) groups excluding carboxylic acids is 2. The van der Waals surface area contributed by atoms with E-state index in [-0.39, 0.29) is 46.4 Å². The molecule has 0 aliphatic rings. The van der Waals surface area contributed by atoms with E-state index in [1.807, 2.05) is 16.9 Å². The van der Waals surface area contributed by atoms with Crippen LogP contribution in [0, 0.1) is 30.9 Å². The Bertz CT molecular complexity index is 2980. The van der Waals surface area contributed by atoms with Crippen molar-refractivity contribution in [3.05, 3.63) is 126 Å². The van der Waals surface area contributed by atoms with Gasteiger partial charge in [0.25, 0.3) is 10.0 Å². The summed E-state index contributed by atoms with van der Waals surface area (Å²) in [7, 11) is -4.71. The lowest BCUT2D eigenvalue weighted by Crippen LogP contribution is -2.29. The van der Waals surface area contributed by atoms with Gasteiger partial charge in [-0.15, -0.1) is 6.42 Å². The number of halogens is 2. The van der Waals surface area contributed by atoms with Gasteiger partial charge >= 0.3 is 6.09 Å². The minimum absolute atomic E-state index is 0.0191. The molecule has 4 aromatic carbocycles. The number of benzene rings is 4. The van der Waals surface area contributed by atoms with Crippen LogP contribution in [0.5, 0.6) is 0 Å². The lowest BCUT2D eigenvalue weighted by atomic mass is 10.1. The van der Waals surface area contributed by atoms with E-state index in [1.165, 1.54) is 29.2 Å². The Hall–Kier alpha value is -7.94. The number of aryl methyl sites for hydroxylation is 1. The predicted octanol–water partition coefficient (Wildman–Crippen LogP) is 6.66. The number of hydrogen-bond donors (Lipinski definition) is 7. The number of anilines is 9. The van der Waals surface area contributed by atoms with Gasteiger partial charge in [0.2, 0.25) is 27.8 Å². The summed E-state index contributed by atoms with van der Waals surface area (Å²) in [6.07, 6.45) is 7.32. The van der Waals surface area contributed by atoms with E-state index >= 15 is 0 Å². The van der Waals surface area contributed by atoms with Crippen LogP contribution in [-0.2, 0) is 36.0 Å². The molecular weight excluding hydrogens is 911 g/mol. The van der Waals surface area contributed by atoms with Crippen LogP contribution in [0.4, 0.5) is 65.5 Å². The van der Waals surface area contributed by atoms with Gasteiger partial charge in [-0.1, -0.05) is 37.1 Å². The van der Waals surface area contributed by atoms with Gasteiger partial charge in [0.15, 0.2) is 23.3 Å². The van der Waals surface area contributed by atoms with Crippen LogP contribution >= 0.6 is 0 Å². The maximum atomic E-state index is 14.4. The van der Waals surface area contributed by atoms with Crippen LogP contribution in [0.1, 0.15) is 24.5 Å². The summed E-state index contributed by atoms with van der Waals surface area (Å²) in [6.45, 7) is 3.80. The van der Waals surface area contributed by atoms with Gasteiger partial charge in [-0.2, -0.15) is 9.97 Å². The molecule has 2 aromatic heterocycles. The summed E-state index contributed by atoms with van der Waals surface area (Å²) < 4.78 is 83.7. The number of primary sulfonamides is 1. The molecule has 0 atom stereocenters. The zero-order chi connectivity index (χ0) is 48.7. The maximum Gasteiger partial charge on any atom is 0.409 e. The van der Waals surface area contributed by atoms with Crippen LogP contribution in [0.2, 0.25) is 0 Å². The van der Waals surface area contributed by atoms with Crippen molar-refractivity contribution in [1.82, 2.24) is 29.6 Å². The van der Waals surface area contributed by atoms with E-state index in [0.717, 1.165) is 23.6 Å². The first-order chi connectivity index (χ1) is 31.8. The van der Waals surface area contributed by atoms with Crippen LogP contribution in [0.3, 0.4) is 0 Å². The normalized spacial score (nSPS) is 10.9. The number of amides is 2. The fourth-order valence-corrected chi connectivity index (χ4v) is 7.44. The molecule has 0 saturated carbocycles. The quantitative estimate of drug-likeness (QED) is 0.0471. The van der Waals surface area contributed by atoms with Crippen LogP contribution in [-0.4, -0.2) is 80.9 Å².